The molecular formula is C15H23N3S. The zero-order valence-electron chi connectivity index (χ0n) is 12.0. The molecule has 1 aromatic rings. The second kappa shape index (κ2) is 5.88. The van der Waals surface area contributed by atoms with Crippen molar-refractivity contribution in [3.63, 3.8) is 0 Å². The van der Waals surface area contributed by atoms with Crippen LogP contribution < -0.4 is 10.6 Å². The smallest absolute Gasteiger partial charge is 0.106 e. The van der Waals surface area contributed by atoms with Gasteiger partial charge in [-0.05, 0) is 45.5 Å². The predicted octanol–water partition coefficient (Wildman–Crippen LogP) is 2.16. The lowest BCUT2D eigenvalue weighted by Gasteiger charge is -2.28. The molecule has 1 saturated heterocycles. The average molecular weight is 277 g/mol. The van der Waals surface area contributed by atoms with Gasteiger partial charge in [-0.15, -0.1) is 0 Å². The van der Waals surface area contributed by atoms with Gasteiger partial charge in [0, 0.05) is 30.9 Å². The number of nitrogens with zero attached hydrogens (tertiary/aromatic N) is 2. The van der Waals surface area contributed by atoms with E-state index in [2.05, 4.69) is 49.0 Å². The van der Waals surface area contributed by atoms with E-state index in [0.717, 1.165) is 17.8 Å². The molecule has 2 N–H and O–H groups in total. The monoisotopic (exact) mass is 277 g/mol. The predicted molar refractivity (Wildman–Crippen MR) is 86.0 cm³/mol. The van der Waals surface area contributed by atoms with E-state index >= 15 is 0 Å². The zero-order valence-corrected chi connectivity index (χ0v) is 12.8. The Kier molecular flexibility index (Phi) is 4.42. The first kappa shape index (κ1) is 14.3. The average Bonchev–Trinajstić information content (AvgIpc) is 2.74. The highest BCUT2D eigenvalue weighted by Crippen LogP contribution is 2.23. The number of likely N-dealkylation sites (N-methyl/N-ethyl adjacent to an activating group) is 2. The summed E-state index contributed by atoms with van der Waals surface area (Å²) in [6.45, 7) is 4.29. The third kappa shape index (κ3) is 3.25. The number of thiocarbonyl (C=S) groups is 1. The van der Waals surface area contributed by atoms with Gasteiger partial charge in [0.25, 0.3) is 0 Å². The number of likely N-dealkylation sites (tertiary alicyclic amines) is 1. The van der Waals surface area contributed by atoms with Gasteiger partial charge >= 0.3 is 0 Å². The Morgan fingerprint density at radius 3 is 2.84 bits per heavy atom. The van der Waals surface area contributed by atoms with Gasteiger partial charge in [0.15, 0.2) is 0 Å². The highest BCUT2D eigenvalue weighted by atomic mass is 32.1. The molecular weight excluding hydrogens is 254 g/mol. The van der Waals surface area contributed by atoms with E-state index in [-0.39, 0.29) is 0 Å². The largest absolute Gasteiger partial charge is 0.389 e. The van der Waals surface area contributed by atoms with Crippen molar-refractivity contribution in [2.75, 3.05) is 32.1 Å². The maximum absolute atomic E-state index is 5.85. The van der Waals surface area contributed by atoms with E-state index < -0.39 is 0 Å². The molecule has 1 unspecified atom stereocenters. The summed E-state index contributed by atoms with van der Waals surface area (Å²) in [6.07, 6.45) is 2.57. The van der Waals surface area contributed by atoms with Crippen LogP contribution in [0.4, 0.5) is 5.69 Å². The summed E-state index contributed by atoms with van der Waals surface area (Å²) in [5.41, 5.74) is 9.17. The first-order valence-electron chi connectivity index (χ1n) is 6.81. The molecule has 4 heteroatoms. The van der Waals surface area contributed by atoms with Gasteiger partial charge in [0.05, 0.1) is 0 Å². The fourth-order valence-electron chi connectivity index (χ4n) is 2.80. The van der Waals surface area contributed by atoms with Crippen molar-refractivity contribution in [1.82, 2.24) is 4.90 Å². The van der Waals surface area contributed by atoms with Gasteiger partial charge < -0.3 is 15.5 Å². The normalized spacial score (nSPS) is 19.6. The first-order valence-corrected chi connectivity index (χ1v) is 7.21. The molecule has 1 aliphatic heterocycles. The van der Waals surface area contributed by atoms with Crippen molar-refractivity contribution in [3.05, 3.63) is 29.3 Å². The molecule has 2 rings (SSSR count). The molecule has 0 spiro atoms. The fraction of sp³-hybridized carbons (Fsp3) is 0.533. The van der Waals surface area contributed by atoms with Crippen LogP contribution in [0.15, 0.2) is 18.2 Å². The van der Waals surface area contributed by atoms with E-state index in [1.807, 2.05) is 0 Å². The highest BCUT2D eigenvalue weighted by molar-refractivity contribution is 7.80. The maximum atomic E-state index is 5.85. The standard InChI is InChI=1S/C15H23N3S/c1-11-6-7-14(13(9-11)15(16)19)18(3)10-12-5-4-8-17(12)2/h6-7,9,12H,4-5,8,10H2,1-3H3,(H2,16,19). The molecule has 0 bridgehead atoms. The number of anilines is 1. The molecule has 0 aromatic heterocycles. The van der Waals surface area contributed by atoms with Crippen LogP contribution in [0.1, 0.15) is 24.0 Å². The Bertz CT molecular complexity index is 472. The van der Waals surface area contributed by atoms with Crippen LogP contribution in [0, 0.1) is 6.92 Å². The van der Waals surface area contributed by atoms with Gasteiger partial charge in [-0.2, -0.15) is 0 Å². The van der Waals surface area contributed by atoms with Crippen molar-refractivity contribution in [3.8, 4) is 0 Å². The number of hydrogen-bond acceptors (Lipinski definition) is 3. The van der Waals surface area contributed by atoms with Crippen LogP contribution >= 0.6 is 12.2 Å². The Morgan fingerprint density at radius 2 is 2.26 bits per heavy atom. The number of aryl methyl sites for hydroxylation is 1. The van der Waals surface area contributed by atoms with Crippen LogP contribution in [0.3, 0.4) is 0 Å². The first-order chi connectivity index (χ1) is 8.99. The van der Waals surface area contributed by atoms with Gasteiger partial charge in [0.1, 0.15) is 4.99 Å². The van der Waals surface area contributed by atoms with Crippen molar-refractivity contribution >= 4 is 22.9 Å². The SMILES string of the molecule is Cc1ccc(N(C)CC2CCCN2C)c(C(N)=S)c1. The molecule has 1 atom stereocenters. The third-order valence-electron chi connectivity index (χ3n) is 3.98. The lowest BCUT2D eigenvalue weighted by molar-refractivity contribution is 0.314. The van der Waals surface area contributed by atoms with E-state index in [1.54, 1.807) is 0 Å². The van der Waals surface area contributed by atoms with Gasteiger partial charge in [-0.1, -0.05) is 23.8 Å². The maximum Gasteiger partial charge on any atom is 0.106 e. The van der Waals surface area contributed by atoms with Crippen molar-refractivity contribution in [2.24, 2.45) is 5.73 Å². The van der Waals surface area contributed by atoms with Crippen LogP contribution in [0.2, 0.25) is 0 Å². The number of rotatable bonds is 4. The summed E-state index contributed by atoms with van der Waals surface area (Å²) in [5.74, 6) is 0. The van der Waals surface area contributed by atoms with E-state index in [1.165, 1.54) is 24.9 Å². The zero-order chi connectivity index (χ0) is 14.0. The molecule has 0 amide bonds. The summed E-state index contributed by atoms with van der Waals surface area (Å²) in [6, 6.07) is 6.95. The van der Waals surface area contributed by atoms with Crippen molar-refractivity contribution in [1.29, 1.82) is 0 Å². The number of benzene rings is 1. The summed E-state index contributed by atoms with van der Waals surface area (Å²) in [4.78, 5) is 5.19. The molecule has 0 saturated carbocycles. The molecule has 1 aromatic carbocycles. The van der Waals surface area contributed by atoms with Crippen molar-refractivity contribution < 1.29 is 0 Å². The minimum absolute atomic E-state index is 0.477. The van der Waals surface area contributed by atoms with Gasteiger partial charge in [-0.3, -0.25) is 0 Å². The molecule has 1 heterocycles. The summed E-state index contributed by atoms with van der Waals surface area (Å²) >= 11 is 5.18. The lowest BCUT2D eigenvalue weighted by Crippen LogP contribution is -2.37. The molecule has 0 radical (unpaired) electrons. The molecule has 0 aliphatic carbocycles. The van der Waals surface area contributed by atoms with Crippen LogP contribution in [-0.4, -0.2) is 43.1 Å². The second-order valence-electron chi connectivity index (χ2n) is 5.54. The second-order valence-corrected chi connectivity index (χ2v) is 5.98. The number of hydrogen-bond donors (Lipinski definition) is 1. The summed E-state index contributed by atoms with van der Waals surface area (Å²) in [5, 5.41) is 0. The van der Waals surface area contributed by atoms with E-state index in [4.69, 9.17) is 18.0 Å². The Morgan fingerprint density at radius 1 is 1.53 bits per heavy atom. The summed E-state index contributed by atoms with van der Waals surface area (Å²) in [7, 11) is 4.33. The van der Waals surface area contributed by atoms with Crippen molar-refractivity contribution in [2.45, 2.75) is 25.8 Å². The Balaban J connectivity index is 2.18. The Hall–Kier alpha value is -1.13. The fourth-order valence-corrected chi connectivity index (χ4v) is 2.97. The molecule has 1 fully saturated rings. The van der Waals surface area contributed by atoms with Crippen LogP contribution in [-0.2, 0) is 0 Å². The Labute approximate surface area is 121 Å². The van der Waals surface area contributed by atoms with Gasteiger partial charge in [-0.25, -0.2) is 0 Å². The lowest BCUT2D eigenvalue weighted by atomic mass is 10.1. The van der Waals surface area contributed by atoms with Crippen LogP contribution in [0.25, 0.3) is 0 Å². The number of nitrogens with two attached hydrogens (primary N) is 1. The minimum Gasteiger partial charge on any atom is -0.389 e. The van der Waals surface area contributed by atoms with E-state index in [0.29, 0.717) is 11.0 Å². The van der Waals surface area contributed by atoms with E-state index in [9.17, 15) is 0 Å². The quantitative estimate of drug-likeness (QED) is 0.855. The van der Waals surface area contributed by atoms with Crippen LogP contribution in [0.5, 0.6) is 0 Å². The van der Waals surface area contributed by atoms with Gasteiger partial charge in [0.2, 0.25) is 0 Å². The third-order valence-corrected chi connectivity index (χ3v) is 4.20. The molecule has 1 aliphatic rings. The topological polar surface area (TPSA) is 32.5 Å². The molecule has 3 nitrogen and oxygen atoms in total. The highest BCUT2D eigenvalue weighted by Gasteiger charge is 2.23. The molecule has 19 heavy (non-hydrogen) atoms. The summed E-state index contributed by atoms with van der Waals surface area (Å²) < 4.78 is 0. The minimum atomic E-state index is 0.477. The molecule has 104 valence electrons.